The van der Waals surface area contributed by atoms with Crippen LogP contribution in [0.2, 0.25) is 0 Å². The van der Waals surface area contributed by atoms with E-state index in [1.54, 1.807) is 6.08 Å². The maximum atomic E-state index is 12.9. The highest BCUT2D eigenvalue weighted by molar-refractivity contribution is 7.92. The van der Waals surface area contributed by atoms with Crippen LogP contribution in [-0.2, 0) is 21.0 Å². The number of hydrogen-bond donors (Lipinski definition) is 2. The van der Waals surface area contributed by atoms with Crippen LogP contribution in [0.4, 0.5) is 30.2 Å². The van der Waals surface area contributed by atoms with E-state index in [2.05, 4.69) is 28.8 Å². The van der Waals surface area contributed by atoms with Crippen molar-refractivity contribution in [3.63, 3.8) is 0 Å². The second kappa shape index (κ2) is 9.69. The molecule has 1 amide bonds. The smallest absolute Gasteiger partial charge is 0.372 e. The van der Waals surface area contributed by atoms with E-state index in [1.165, 1.54) is 18.2 Å². The van der Waals surface area contributed by atoms with Crippen molar-refractivity contribution < 1.29 is 26.4 Å². The number of sulfonamides is 1. The Hall–Kier alpha value is -3.79. The Morgan fingerprint density at radius 2 is 1.58 bits per heavy atom. The van der Waals surface area contributed by atoms with Crippen molar-refractivity contribution in [2.75, 3.05) is 28.0 Å². The summed E-state index contributed by atoms with van der Waals surface area (Å²) in [6.45, 7) is 5.86. The summed E-state index contributed by atoms with van der Waals surface area (Å²) in [6, 6.07) is 15.6. The fourth-order valence-corrected chi connectivity index (χ4v) is 5.04. The molecule has 0 atom stereocenters. The number of carbonyl (C=O) groups excluding carboxylic acids is 1. The van der Waals surface area contributed by atoms with Crippen LogP contribution in [0.3, 0.4) is 0 Å². The third kappa shape index (κ3) is 5.23. The number of nitrogens with zero attached hydrogens (tertiary/aromatic N) is 1. The lowest BCUT2D eigenvalue weighted by Crippen LogP contribution is -2.21. The predicted molar refractivity (Wildman–Crippen MR) is 135 cm³/mol. The summed E-state index contributed by atoms with van der Waals surface area (Å²) in [5.74, 6) is -0.358. The number of nitrogens with one attached hydrogen (secondary N) is 2. The first-order valence-corrected chi connectivity index (χ1v) is 12.7. The van der Waals surface area contributed by atoms with Crippen molar-refractivity contribution in [3.8, 4) is 0 Å². The van der Waals surface area contributed by atoms with Crippen molar-refractivity contribution in [3.05, 3.63) is 83.4 Å². The lowest BCUT2D eigenvalue weighted by Gasteiger charge is -2.20. The SMILES string of the molecule is CCN(CC)c1ccc(C=C2C(=O)Nc3ccc(S(=O)(=O)Nc4ccc(C(F)(F)F)cc4)cc32)cc1. The van der Waals surface area contributed by atoms with Crippen LogP contribution < -0.4 is 14.9 Å². The van der Waals surface area contributed by atoms with Crippen LogP contribution in [0.25, 0.3) is 11.6 Å². The molecule has 0 unspecified atom stereocenters. The number of benzene rings is 3. The van der Waals surface area contributed by atoms with Gasteiger partial charge >= 0.3 is 6.18 Å². The van der Waals surface area contributed by atoms with Crippen LogP contribution in [0.1, 0.15) is 30.5 Å². The zero-order valence-corrected chi connectivity index (χ0v) is 20.4. The fraction of sp³-hybridized carbons (Fsp3) is 0.192. The quantitative estimate of drug-likeness (QED) is 0.387. The highest BCUT2D eigenvalue weighted by Crippen LogP contribution is 2.36. The van der Waals surface area contributed by atoms with E-state index in [1.807, 2.05) is 24.3 Å². The lowest BCUT2D eigenvalue weighted by molar-refractivity contribution is -0.137. The van der Waals surface area contributed by atoms with E-state index in [9.17, 15) is 26.4 Å². The van der Waals surface area contributed by atoms with Gasteiger partial charge in [0.15, 0.2) is 0 Å². The Balaban J connectivity index is 1.61. The molecule has 0 saturated carbocycles. The number of fused-ring (bicyclic) bond motifs is 1. The summed E-state index contributed by atoms with van der Waals surface area (Å²) >= 11 is 0. The molecular formula is C26H24F3N3O3S. The van der Waals surface area contributed by atoms with Crippen LogP contribution >= 0.6 is 0 Å². The van der Waals surface area contributed by atoms with Crippen molar-refractivity contribution in [1.29, 1.82) is 0 Å². The molecule has 0 aliphatic carbocycles. The summed E-state index contributed by atoms with van der Waals surface area (Å²) in [5, 5.41) is 2.73. The Bertz CT molecular complexity index is 1410. The van der Waals surface area contributed by atoms with E-state index < -0.39 is 21.8 Å². The van der Waals surface area contributed by atoms with Gasteiger partial charge in [0, 0.05) is 41.3 Å². The average molecular weight is 516 g/mol. The molecule has 0 bridgehead atoms. The van der Waals surface area contributed by atoms with Crippen molar-refractivity contribution in [2.45, 2.75) is 24.9 Å². The molecule has 0 radical (unpaired) electrons. The van der Waals surface area contributed by atoms with E-state index >= 15 is 0 Å². The molecule has 10 heteroatoms. The first kappa shape index (κ1) is 25.3. The van der Waals surface area contributed by atoms with Crippen LogP contribution in [0, 0.1) is 0 Å². The number of amides is 1. The summed E-state index contributed by atoms with van der Waals surface area (Å²) in [5.41, 5.74) is 2.14. The normalized spacial score (nSPS) is 14.5. The minimum Gasteiger partial charge on any atom is -0.372 e. The molecule has 0 aromatic heterocycles. The van der Waals surface area contributed by atoms with Gasteiger partial charge in [0.2, 0.25) is 0 Å². The molecule has 0 saturated heterocycles. The molecule has 1 heterocycles. The third-order valence-electron chi connectivity index (χ3n) is 5.88. The molecule has 1 aliphatic rings. The maximum absolute atomic E-state index is 12.9. The average Bonchev–Trinajstić information content (AvgIpc) is 3.14. The first-order chi connectivity index (χ1) is 17.0. The molecule has 6 nitrogen and oxygen atoms in total. The maximum Gasteiger partial charge on any atom is 0.416 e. The van der Waals surface area contributed by atoms with E-state index in [-0.39, 0.29) is 16.5 Å². The lowest BCUT2D eigenvalue weighted by atomic mass is 10.0. The van der Waals surface area contributed by atoms with Gasteiger partial charge in [0.25, 0.3) is 15.9 Å². The molecule has 2 N–H and O–H groups in total. The number of alkyl halides is 3. The first-order valence-electron chi connectivity index (χ1n) is 11.2. The summed E-state index contributed by atoms with van der Waals surface area (Å²) in [4.78, 5) is 14.7. The van der Waals surface area contributed by atoms with Gasteiger partial charge in [-0.05, 0) is 80.1 Å². The zero-order valence-electron chi connectivity index (χ0n) is 19.6. The summed E-state index contributed by atoms with van der Waals surface area (Å²) < 4.78 is 66.5. The van der Waals surface area contributed by atoms with Gasteiger partial charge in [-0.2, -0.15) is 13.2 Å². The second-order valence-electron chi connectivity index (χ2n) is 8.16. The molecule has 36 heavy (non-hydrogen) atoms. The Labute approximate surface area is 207 Å². The second-order valence-corrected chi connectivity index (χ2v) is 9.85. The standard InChI is InChI=1S/C26H24F3N3O3S/c1-3-32(4-2)20-11-5-17(6-12-20)15-23-22-16-21(13-14-24(22)30-25(23)33)36(34,35)31-19-9-7-18(8-10-19)26(27,28)29/h5-16,31H,3-4H2,1-2H3,(H,30,33). The molecule has 0 spiro atoms. The molecule has 4 rings (SSSR count). The number of carbonyl (C=O) groups is 1. The van der Waals surface area contributed by atoms with E-state index in [0.29, 0.717) is 16.8 Å². The number of rotatable bonds is 7. The van der Waals surface area contributed by atoms with Gasteiger partial charge in [0.1, 0.15) is 0 Å². The number of anilines is 3. The van der Waals surface area contributed by atoms with Crippen LogP contribution in [-0.4, -0.2) is 27.4 Å². The summed E-state index contributed by atoms with van der Waals surface area (Å²) in [7, 11) is -4.12. The number of hydrogen-bond acceptors (Lipinski definition) is 4. The largest absolute Gasteiger partial charge is 0.416 e. The molecule has 3 aromatic carbocycles. The molecule has 188 valence electrons. The van der Waals surface area contributed by atoms with Crippen LogP contribution in [0.15, 0.2) is 71.6 Å². The molecule has 3 aromatic rings. The van der Waals surface area contributed by atoms with Gasteiger partial charge in [-0.15, -0.1) is 0 Å². The Kier molecular flexibility index (Phi) is 6.81. The zero-order chi connectivity index (χ0) is 26.1. The number of halogens is 3. The highest BCUT2D eigenvalue weighted by Gasteiger charge is 2.30. The minimum absolute atomic E-state index is 0.0123. The third-order valence-corrected chi connectivity index (χ3v) is 7.26. The van der Waals surface area contributed by atoms with Crippen LogP contribution in [0.5, 0.6) is 0 Å². The van der Waals surface area contributed by atoms with E-state index in [4.69, 9.17) is 0 Å². The van der Waals surface area contributed by atoms with Gasteiger partial charge in [0.05, 0.1) is 10.5 Å². The molecule has 1 aliphatic heterocycles. The predicted octanol–water partition coefficient (Wildman–Crippen LogP) is 5.85. The fourth-order valence-electron chi connectivity index (χ4n) is 3.96. The Morgan fingerprint density at radius 1 is 0.944 bits per heavy atom. The minimum atomic E-state index is -4.52. The molecule has 0 fully saturated rings. The topological polar surface area (TPSA) is 78.5 Å². The monoisotopic (exact) mass is 515 g/mol. The van der Waals surface area contributed by atoms with Gasteiger partial charge < -0.3 is 10.2 Å². The van der Waals surface area contributed by atoms with E-state index in [0.717, 1.165) is 48.6 Å². The van der Waals surface area contributed by atoms with Gasteiger partial charge in [-0.3, -0.25) is 9.52 Å². The van der Waals surface area contributed by atoms with Gasteiger partial charge in [-0.25, -0.2) is 8.42 Å². The molecular weight excluding hydrogens is 491 g/mol. The Morgan fingerprint density at radius 3 is 2.17 bits per heavy atom. The summed E-state index contributed by atoms with van der Waals surface area (Å²) in [6.07, 6.45) is -2.84. The van der Waals surface area contributed by atoms with Crippen molar-refractivity contribution in [2.24, 2.45) is 0 Å². The van der Waals surface area contributed by atoms with Crippen molar-refractivity contribution >= 4 is 44.6 Å². The highest BCUT2D eigenvalue weighted by atomic mass is 32.2. The van der Waals surface area contributed by atoms with Crippen molar-refractivity contribution in [1.82, 2.24) is 0 Å². The van der Waals surface area contributed by atoms with Gasteiger partial charge in [-0.1, -0.05) is 12.1 Å².